The molecule has 0 atom stereocenters. The lowest BCUT2D eigenvalue weighted by Crippen LogP contribution is -2.30. The molecule has 0 saturated carbocycles. The van der Waals surface area contributed by atoms with Crippen LogP contribution in [0.3, 0.4) is 0 Å². The van der Waals surface area contributed by atoms with Gasteiger partial charge in [-0.15, -0.1) is 11.3 Å². The minimum atomic E-state index is -0.188. The van der Waals surface area contributed by atoms with E-state index >= 15 is 0 Å². The van der Waals surface area contributed by atoms with Gasteiger partial charge in [0, 0.05) is 37.0 Å². The van der Waals surface area contributed by atoms with Gasteiger partial charge in [0.25, 0.3) is 0 Å². The van der Waals surface area contributed by atoms with Crippen LogP contribution in [0.25, 0.3) is 69.6 Å². The molecule has 0 N–H and O–H groups in total. The molecule has 0 bridgehead atoms. The maximum Gasteiger partial charge on any atom is 0.0640 e. The van der Waals surface area contributed by atoms with Crippen LogP contribution in [0, 0.1) is 0 Å². The van der Waals surface area contributed by atoms with Crippen molar-refractivity contribution in [3.8, 4) is 16.8 Å². The third-order valence-electron chi connectivity index (χ3n) is 11.4. The Labute approximate surface area is 306 Å². The van der Waals surface area contributed by atoms with E-state index in [4.69, 9.17) is 0 Å². The summed E-state index contributed by atoms with van der Waals surface area (Å²) in [6.07, 6.45) is 0. The van der Waals surface area contributed by atoms with Gasteiger partial charge in [-0.2, -0.15) is 0 Å². The largest absolute Gasteiger partial charge is 0.309 e. The molecule has 52 heavy (non-hydrogen) atoms. The molecule has 8 aromatic carbocycles. The molecule has 0 spiro atoms. The normalized spacial score (nSPS) is 13.7. The monoisotopic (exact) mass is 682 g/mol. The van der Waals surface area contributed by atoms with Crippen LogP contribution in [0.15, 0.2) is 170 Å². The quantitative estimate of drug-likeness (QED) is 0.180. The summed E-state index contributed by atoms with van der Waals surface area (Å²) in [5, 5.41) is 7.68. The molecular formula is C49H34N2S. The van der Waals surface area contributed by atoms with Gasteiger partial charge in [-0.3, -0.25) is 0 Å². The van der Waals surface area contributed by atoms with Crippen molar-refractivity contribution in [1.29, 1.82) is 0 Å². The van der Waals surface area contributed by atoms with E-state index in [9.17, 15) is 0 Å². The zero-order valence-corrected chi connectivity index (χ0v) is 29.8. The first-order chi connectivity index (χ1) is 25.6. The molecule has 1 aliphatic rings. The maximum atomic E-state index is 2.48. The zero-order chi connectivity index (χ0) is 34.6. The summed E-state index contributed by atoms with van der Waals surface area (Å²) in [5.41, 5.74) is 12.3. The Kier molecular flexibility index (Phi) is 6.21. The summed E-state index contributed by atoms with van der Waals surface area (Å²) in [4.78, 5) is 2.48. The van der Waals surface area contributed by atoms with Crippen molar-refractivity contribution in [2.24, 2.45) is 0 Å². The number of para-hydroxylation sites is 2. The van der Waals surface area contributed by atoms with Gasteiger partial charge in [-0.1, -0.05) is 129 Å². The van der Waals surface area contributed by atoms with Crippen molar-refractivity contribution < 1.29 is 0 Å². The lowest BCUT2D eigenvalue weighted by atomic mass is 9.73. The van der Waals surface area contributed by atoms with E-state index in [0.717, 1.165) is 0 Å². The van der Waals surface area contributed by atoms with Crippen LogP contribution >= 0.6 is 11.3 Å². The highest BCUT2D eigenvalue weighted by Crippen LogP contribution is 2.53. The van der Waals surface area contributed by atoms with Crippen molar-refractivity contribution >= 4 is 81.1 Å². The van der Waals surface area contributed by atoms with E-state index < -0.39 is 0 Å². The second-order valence-corrected chi connectivity index (χ2v) is 15.6. The third-order valence-corrected chi connectivity index (χ3v) is 12.6. The van der Waals surface area contributed by atoms with Crippen molar-refractivity contribution in [2.45, 2.75) is 19.3 Å². The number of benzene rings is 8. The topological polar surface area (TPSA) is 8.17 Å². The molecule has 0 fully saturated rings. The molecule has 0 amide bonds. The van der Waals surface area contributed by atoms with E-state index in [2.05, 4.69) is 193 Å². The van der Waals surface area contributed by atoms with E-state index in [-0.39, 0.29) is 5.41 Å². The molecule has 0 saturated heterocycles. The van der Waals surface area contributed by atoms with Gasteiger partial charge in [-0.05, 0) is 82.2 Å². The number of rotatable bonds is 3. The van der Waals surface area contributed by atoms with Gasteiger partial charge < -0.3 is 9.47 Å². The Morgan fingerprint density at radius 2 is 1.04 bits per heavy atom. The molecule has 10 aromatic rings. The predicted octanol–water partition coefficient (Wildman–Crippen LogP) is 14.1. The fraction of sp³-hybridized carbons (Fsp3) is 0.0612. The molecule has 11 rings (SSSR count). The minimum absolute atomic E-state index is 0.188. The van der Waals surface area contributed by atoms with Gasteiger partial charge in [0.1, 0.15) is 0 Å². The summed E-state index contributed by atoms with van der Waals surface area (Å²) in [7, 11) is 0. The van der Waals surface area contributed by atoms with E-state index in [1.807, 2.05) is 11.3 Å². The number of aromatic nitrogens is 1. The Balaban J connectivity index is 1.11. The summed E-state index contributed by atoms with van der Waals surface area (Å²) in [6, 6.07) is 62.9. The number of thiophene rings is 1. The molecule has 3 heterocycles. The molecular weight excluding hydrogens is 649 g/mol. The summed E-state index contributed by atoms with van der Waals surface area (Å²) in [5.74, 6) is 0. The van der Waals surface area contributed by atoms with Crippen LogP contribution in [0.1, 0.15) is 25.0 Å². The van der Waals surface area contributed by atoms with Crippen molar-refractivity contribution in [3.63, 3.8) is 0 Å². The SMILES string of the molecule is CC1(C)c2ccccc2N(c2cccc3ccccc23)c2ccc(-c3ccc4c(c3)c3ccccc3n4-c3cccc4c3sc3ccccc34)cc21. The predicted molar refractivity (Wildman–Crippen MR) is 223 cm³/mol. The van der Waals surface area contributed by atoms with Gasteiger partial charge in [-0.25, -0.2) is 0 Å². The maximum absolute atomic E-state index is 2.48. The standard InChI is InChI=1S/C49H34N2S/c1-49(2)39-19-7-9-21-44(39)51(41-22-11-14-31-13-3-4-15-34(31)41)45-28-26-33(30-40(45)49)32-25-27-43-38(29-32)35-16-5-8-20-42(35)50(43)46-23-12-18-37-36-17-6-10-24-47(36)52-48(37)46/h3-30H,1-2H3. The minimum Gasteiger partial charge on any atom is -0.309 e. The van der Waals surface area contributed by atoms with Crippen LogP contribution in [-0.4, -0.2) is 4.57 Å². The van der Waals surface area contributed by atoms with E-state index in [1.165, 1.54) is 97.8 Å². The fourth-order valence-electron chi connectivity index (χ4n) is 8.87. The molecule has 1 aliphatic heterocycles. The van der Waals surface area contributed by atoms with Gasteiger partial charge >= 0.3 is 0 Å². The number of hydrogen-bond acceptors (Lipinski definition) is 2. The first-order valence-electron chi connectivity index (χ1n) is 18.0. The average Bonchev–Trinajstić information content (AvgIpc) is 3.74. The average molecular weight is 683 g/mol. The van der Waals surface area contributed by atoms with Gasteiger partial charge in [0.2, 0.25) is 0 Å². The second-order valence-electron chi connectivity index (χ2n) is 14.5. The molecule has 0 radical (unpaired) electrons. The lowest BCUT2D eigenvalue weighted by molar-refractivity contribution is 0.632. The number of anilines is 3. The summed E-state index contributed by atoms with van der Waals surface area (Å²) < 4.78 is 5.12. The third kappa shape index (κ3) is 4.11. The number of hydrogen-bond donors (Lipinski definition) is 0. The van der Waals surface area contributed by atoms with Crippen LogP contribution in [0.4, 0.5) is 17.1 Å². The number of fused-ring (bicyclic) bond motifs is 9. The van der Waals surface area contributed by atoms with Crippen molar-refractivity contribution in [1.82, 2.24) is 4.57 Å². The molecule has 0 unspecified atom stereocenters. The van der Waals surface area contributed by atoms with Crippen LogP contribution in [-0.2, 0) is 5.41 Å². The Bertz CT molecular complexity index is 3060. The van der Waals surface area contributed by atoms with Crippen LogP contribution in [0.2, 0.25) is 0 Å². The zero-order valence-electron chi connectivity index (χ0n) is 29.0. The molecule has 0 aliphatic carbocycles. The Hall–Kier alpha value is -6.16. The Morgan fingerprint density at radius 1 is 0.423 bits per heavy atom. The lowest BCUT2D eigenvalue weighted by Gasteiger charge is -2.42. The van der Waals surface area contributed by atoms with Gasteiger partial charge in [0.15, 0.2) is 0 Å². The van der Waals surface area contributed by atoms with E-state index in [1.54, 1.807) is 0 Å². The Morgan fingerprint density at radius 3 is 1.96 bits per heavy atom. The van der Waals surface area contributed by atoms with Crippen molar-refractivity contribution in [3.05, 3.63) is 181 Å². The number of nitrogens with zero attached hydrogens (tertiary/aromatic N) is 2. The van der Waals surface area contributed by atoms with Gasteiger partial charge in [0.05, 0.1) is 38.5 Å². The molecule has 3 heteroatoms. The highest BCUT2D eigenvalue weighted by Gasteiger charge is 2.37. The summed E-state index contributed by atoms with van der Waals surface area (Å²) >= 11 is 1.89. The fourth-order valence-corrected chi connectivity index (χ4v) is 10.1. The second kappa shape index (κ2) is 10.9. The highest BCUT2D eigenvalue weighted by atomic mass is 32.1. The first kappa shape index (κ1) is 29.6. The smallest absolute Gasteiger partial charge is 0.0640 e. The highest BCUT2D eigenvalue weighted by molar-refractivity contribution is 7.26. The van der Waals surface area contributed by atoms with Crippen LogP contribution in [0.5, 0.6) is 0 Å². The molecule has 246 valence electrons. The molecule has 2 aromatic heterocycles. The first-order valence-corrected chi connectivity index (χ1v) is 18.8. The van der Waals surface area contributed by atoms with Crippen LogP contribution < -0.4 is 4.90 Å². The van der Waals surface area contributed by atoms with E-state index in [0.29, 0.717) is 0 Å². The molecule has 2 nitrogen and oxygen atoms in total. The van der Waals surface area contributed by atoms with Crippen molar-refractivity contribution in [2.75, 3.05) is 4.90 Å². The summed E-state index contributed by atoms with van der Waals surface area (Å²) in [6.45, 7) is 4.75.